The predicted octanol–water partition coefficient (Wildman–Crippen LogP) is 2.53. The normalized spacial score (nSPS) is 11.1. The topological polar surface area (TPSA) is 111 Å². The van der Waals surface area contributed by atoms with Crippen molar-refractivity contribution < 1.29 is 9.85 Å². The number of nitrogens with one attached hydrogen (secondary N) is 1. The largest absolute Gasteiger partial charge is 0.301 e. The van der Waals surface area contributed by atoms with Gasteiger partial charge in [-0.3, -0.25) is 25.7 Å². The summed E-state index contributed by atoms with van der Waals surface area (Å²) < 4.78 is 0. The van der Waals surface area contributed by atoms with Gasteiger partial charge in [0.05, 0.1) is 21.8 Å². The molecule has 0 aromatic heterocycles. The number of halogens is 1. The summed E-state index contributed by atoms with van der Waals surface area (Å²) in [6.07, 6.45) is 0. The van der Waals surface area contributed by atoms with Crippen LogP contribution in [0.2, 0.25) is 0 Å². The fraction of sp³-hybridized carbons (Fsp3) is 0.222. The van der Waals surface area contributed by atoms with Crippen LogP contribution >= 0.6 is 11.6 Å². The molecule has 18 heavy (non-hydrogen) atoms. The lowest BCUT2D eigenvalue weighted by atomic mass is 10.2. The molecule has 0 spiro atoms. The molecule has 0 atom stereocenters. The molecule has 0 fully saturated rings. The zero-order valence-electron chi connectivity index (χ0n) is 9.29. The van der Waals surface area contributed by atoms with Gasteiger partial charge in [0.25, 0.3) is 5.69 Å². The van der Waals surface area contributed by atoms with E-state index in [2.05, 4.69) is 10.5 Å². The van der Waals surface area contributed by atoms with Crippen LogP contribution in [0.15, 0.2) is 23.3 Å². The Morgan fingerprint density at radius 1 is 1.39 bits per heavy atom. The first-order valence-corrected chi connectivity index (χ1v) is 5.27. The Hall–Kier alpha value is -2.22. The third-order valence-corrected chi connectivity index (χ3v) is 2.34. The molecule has 0 saturated heterocycles. The van der Waals surface area contributed by atoms with Crippen molar-refractivity contribution in [1.29, 1.82) is 0 Å². The molecule has 96 valence electrons. The summed E-state index contributed by atoms with van der Waals surface area (Å²) in [5, 5.41) is 25.1. The average Bonchev–Trinajstić information content (AvgIpc) is 2.35. The van der Waals surface area contributed by atoms with Crippen LogP contribution in [0.1, 0.15) is 6.92 Å². The van der Waals surface area contributed by atoms with E-state index in [1.807, 2.05) is 0 Å². The van der Waals surface area contributed by atoms with Crippen LogP contribution < -0.4 is 5.43 Å². The monoisotopic (exact) mass is 272 g/mol. The Morgan fingerprint density at radius 2 is 2.06 bits per heavy atom. The van der Waals surface area contributed by atoms with Crippen molar-refractivity contribution in [2.24, 2.45) is 5.10 Å². The molecule has 0 aliphatic carbocycles. The molecular formula is C9H9ClN4O4. The molecule has 0 aliphatic rings. The van der Waals surface area contributed by atoms with Crippen LogP contribution in [0, 0.1) is 20.2 Å². The molecule has 0 amide bonds. The molecule has 0 bridgehead atoms. The maximum Gasteiger partial charge on any atom is 0.301 e. The Morgan fingerprint density at radius 3 is 2.56 bits per heavy atom. The van der Waals surface area contributed by atoms with E-state index in [1.54, 1.807) is 6.92 Å². The average molecular weight is 273 g/mol. The zero-order valence-corrected chi connectivity index (χ0v) is 10.0. The Balaban J connectivity index is 3.12. The van der Waals surface area contributed by atoms with Gasteiger partial charge in [-0.05, 0) is 13.0 Å². The van der Waals surface area contributed by atoms with Gasteiger partial charge in [-0.2, -0.15) is 5.10 Å². The van der Waals surface area contributed by atoms with Crippen LogP contribution in [0.25, 0.3) is 0 Å². The highest BCUT2D eigenvalue weighted by Crippen LogP contribution is 2.28. The lowest BCUT2D eigenvalue weighted by molar-refractivity contribution is -0.393. The van der Waals surface area contributed by atoms with Crippen molar-refractivity contribution in [3.05, 3.63) is 38.4 Å². The van der Waals surface area contributed by atoms with Crippen molar-refractivity contribution in [1.82, 2.24) is 0 Å². The van der Waals surface area contributed by atoms with Crippen molar-refractivity contribution in [3.8, 4) is 0 Å². The number of nitro benzene ring substituents is 2. The van der Waals surface area contributed by atoms with Crippen LogP contribution in [0.4, 0.5) is 17.1 Å². The van der Waals surface area contributed by atoms with Crippen LogP contribution in [0.3, 0.4) is 0 Å². The summed E-state index contributed by atoms with van der Waals surface area (Å²) in [7, 11) is 0. The molecule has 0 unspecified atom stereocenters. The Bertz CT molecular complexity index is 517. The standard InChI is InChI=1S/C9H9ClN4O4/c1-6(5-10)11-12-8-3-2-7(13(15)16)4-9(8)14(17)18/h2-4,12H,5H2,1H3/b11-6+. The SMILES string of the molecule is C/C(CCl)=N\Nc1ccc([N+](=O)[O-])cc1[N+](=O)[O-]. The van der Waals surface area contributed by atoms with E-state index < -0.39 is 15.5 Å². The fourth-order valence-electron chi connectivity index (χ4n) is 1.06. The minimum Gasteiger partial charge on any atom is -0.272 e. The summed E-state index contributed by atoms with van der Waals surface area (Å²) in [6, 6.07) is 3.25. The molecule has 1 rings (SSSR count). The first-order chi connectivity index (χ1) is 8.45. The van der Waals surface area contributed by atoms with Gasteiger partial charge in [-0.1, -0.05) is 0 Å². The summed E-state index contributed by atoms with van der Waals surface area (Å²) in [4.78, 5) is 19.9. The third-order valence-electron chi connectivity index (χ3n) is 1.95. The molecular weight excluding hydrogens is 264 g/mol. The van der Waals surface area contributed by atoms with Gasteiger partial charge in [0, 0.05) is 11.8 Å². The van der Waals surface area contributed by atoms with Gasteiger partial charge < -0.3 is 0 Å². The van der Waals surface area contributed by atoms with E-state index in [1.165, 1.54) is 6.07 Å². The number of benzene rings is 1. The minimum absolute atomic E-state index is 0.0649. The summed E-state index contributed by atoms with van der Waals surface area (Å²) in [5.74, 6) is 0.174. The Labute approximate surface area is 107 Å². The number of hydrogen-bond acceptors (Lipinski definition) is 6. The van der Waals surface area contributed by atoms with E-state index in [4.69, 9.17) is 11.6 Å². The number of nitro groups is 2. The van der Waals surface area contributed by atoms with Crippen molar-refractivity contribution in [2.75, 3.05) is 11.3 Å². The summed E-state index contributed by atoms with van der Waals surface area (Å²) in [6.45, 7) is 1.64. The number of anilines is 1. The van der Waals surface area contributed by atoms with Crippen LogP contribution in [-0.2, 0) is 0 Å². The van der Waals surface area contributed by atoms with Gasteiger partial charge in [0.2, 0.25) is 0 Å². The number of non-ortho nitro benzene ring substituents is 1. The van der Waals surface area contributed by atoms with Crippen molar-refractivity contribution >= 4 is 34.4 Å². The van der Waals surface area contributed by atoms with Gasteiger partial charge in [0.15, 0.2) is 0 Å². The first-order valence-electron chi connectivity index (χ1n) is 4.73. The summed E-state index contributed by atoms with van der Waals surface area (Å²) in [5.41, 5.74) is 2.27. The second-order valence-corrected chi connectivity index (χ2v) is 3.58. The lowest BCUT2D eigenvalue weighted by Gasteiger charge is -2.02. The highest BCUT2D eigenvalue weighted by molar-refractivity contribution is 6.28. The quantitative estimate of drug-likeness (QED) is 0.383. The van der Waals surface area contributed by atoms with Crippen molar-refractivity contribution in [2.45, 2.75) is 6.92 Å². The van der Waals surface area contributed by atoms with Crippen molar-refractivity contribution in [3.63, 3.8) is 0 Å². The molecule has 8 nitrogen and oxygen atoms in total. The highest BCUT2D eigenvalue weighted by atomic mass is 35.5. The molecule has 0 aliphatic heterocycles. The predicted molar refractivity (Wildman–Crippen MR) is 67.2 cm³/mol. The number of alkyl halides is 1. The molecule has 0 saturated carbocycles. The smallest absolute Gasteiger partial charge is 0.272 e. The molecule has 1 aromatic rings. The Kier molecular flexibility index (Phi) is 4.55. The second kappa shape index (κ2) is 5.92. The first kappa shape index (κ1) is 13.8. The van der Waals surface area contributed by atoms with Gasteiger partial charge in [-0.15, -0.1) is 11.6 Å². The summed E-state index contributed by atoms with van der Waals surface area (Å²) >= 11 is 5.49. The van der Waals surface area contributed by atoms with E-state index >= 15 is 0 Å². The van der Waals surface area contributed by atoms with E-state index in [9.17, 15) is 20.2 Å². The molecule has 9 heteroatoms. The number of hydrogen-bond donors (Lipinski definition) is 1. The van der Waals surface area contributed by atoms with Gasteiger partial charge in [-0.25, -0.2) is 0 Å². The van der Waals surface area contributed by atoms with E-state index in [0.29, 0.717) is 5.71 Å². The maximum atomic E-state index is 10.8. The zero-order chi connectivity index (χ0) is 13.7. The molecule has 0 heterocycles. The number of nitrogens with zero attached hydrogens (tertiary/aromatic N) is 3. The minimum atomic E-state index is -0.721. The third kappa shape index (κ3) is 3.39. The van der Waals surface area contributed by atoms with E-state index in [0.717, 1.165) is 12.1 Å². The second-order valence-electron chi connectivity index (χ2n) is 3.31. The van der Waals surface area contributed by atoms with E-state index in [-0.39, 0.29) is 17.3 Å². The molecule has 0 radical (unpaired) electrons. The van der Waals surface area contributed by atoms with Crippen LogP contribution in [-0.4, -0.2) is 21.4 Å². The van der Waals surface area contributed by atoms with Gasteiger partial charge >= 0.3 is 5.69 Å². The van der Waals surface area contributed by atoms with Gasteiger partial charge in [0.1, 0.15) is 5.69 Å². The fourth-order valence-corrected chi connectivity index (χ4v) is 1.12. The maximum absolute atomic E-state index is 10.8. The lowest BCUT2D eigenvalue weighted by Crippen LogP contribution is -2.02. The van der Waals surface area contributed by atoms with Crippen LogP contribution in [0.5, 0.6) is 0 Å². The number of hydrazone groups is 1. The molecule has 1 aromatic carbocycles. The molecule has 1 N–H and O–H groups in total. The highest BCUT2D eigenvalue weighted by Gasteiger charge is 2.19. The number of rotatable bonds is 5.